The van der Waals surface area contributed by atoms with E-state index in [4.69, 9.17) is 5.73 Å². The molecule has 4 nitrogen and oxygen atoms in total. The molecule has 19 heavy (non-hydrogen) atoms. The average Bonchev–Trinajstić information content (AvgIpc) is 2.58. The van der Waals surface area contributed by atoms with Gasteiger partial charge in [-0.05, 0) is 12.1 Å². The molecule has 1 amide bonds. The lowest BCUT2D eigenvalue weighted by Gasteiger charge is -2.19. The second kappa shape index (κ2) is 4.92. The Balaban J connectivity index is 2.30. The summed E-state index contributed by atoms with van der Waals surface area (Å²) in [6.45, 7) is 0.360. The number of carbonyl (C=O) groups is 1. The molecule has 0 aliphatic carbocycles. The molecule has 1 saturated heterocycles. The molecule has 1 unspecified atom stereocenters. The first-order valence-electron chi connectivity index (χ1n) is 5.36. The number of nitrogens with zero attached hydrogens (tertiary/aromatic N) is 1. The van der Waals surface area contributed by atoms with Gasteiger partial charge < -0.3 is 15.4 Å². The van der Waals surface area contributed by atoms with Crippen LogP contribution in [0, 0.1) is 0 Å². The minimum atomic E-state index is -4.78. The van der Waals surface area contributed by atoms with Gasteiger partial charge in [0.25, 0.3) is 0 Å². The van der Waals surface area contributed by atoms with Gasteiger partial charge in [-0.15, -0.1) is 13.2 Å². The van der Waals surface area contributed by atoms with Crippen molar-refractivity contribution in [1.82, 2.24) is 0 Å². The summed E-state index contributed by atoms with van der Waals surface area (Å²) in [7, 11) is 0. The largest absolute Gasteiger partial charge is 0.573 e. The van der Waals surface area contributed by atoms with Crippen LogP contribution < -0.4 is 15.4 Å². The van der Waals surface area contributed by atoms with Gasteiger partial charge in [-0.25, -0.2) is 0 Å². The van der Waals surface area contributed by atoms with Crippen LogP contribution in [0.25, 0.3) is 0 Å². The van der Waals surface area contributed by atoms with Gasteiger partial charge in [-0.3, -0.25) is 4.79 Å². The molecule has 2 N–H and O–H groups in total. The Morgan fingerprint density at radius 2 is 2.11 bits per heavy atom. The summed E-state index contributed by atoms with van der Waals surface area (Å²) in [4.78, 5) is 13.0. The molecule has 0 aromatic heterocycles. The number of carbonyl (C=O) groups excluding carboxylic acids is 1. The van der Waals surface area contributed by atoms with Crippen molar-refractivity contribution in [1.29, 1.82) is 0 Å². The molecule has 1 aliphatic heterocycles. The zero-order chi connectivity index (χ0) is 14.2. The van der Waals surface area contributed by atoms with E-state index in [1.165, 1.54) is 11.0 Å². The number of nitrogens with two attached hydrogens (primary N) is 1. The van der Waals surface area contributed by atoms with Crippen molar-refractivity contribution in [3.05, 3.63) is 18.2 Å². The van der Waals surface area contributed by atoms with E-state index >= 15 is 0 Å². The number of benzene rings is 1. The van der Waals surface area contributed by atoms with Gasteiger partial charge in [0.15, 0.2) is 0 Å². The van der Waals surface area contributed by atoms with Crippen LogP contribution in [0.15, 0.2) is 18.2 Å². The van der Waals surface area contributed by atoms with Gasteiger partial charge in [-0.1, -0.05) is 15.9 Å². The van der Waals surface area contributed by atoms with Gasteiger partial charge in [-0.2, -0.15) is 0 Å². The molecule has 104 valence electrons. The van der Waals surface area contributed by atoms with Crippen LogP contribution in [0.1, 0.15) is 6.42 Å². The van der Waals surface area contributed by atoms with Crippen LogP contribution in [-0.4, -0.2) is 23.6 Å². The lowest BCUT2D eigenvalue weighted by Crippen LogP contribution is -2.26. The number of halogens is 4. The first-order valence-corrected chi connectivity index (χ1v) is 6.27. The maximum atomic E-state index is 12.1. The van der Waals surface area contributed by atoms with E-state index in [1.807, 2.05) is 0 Å². The molecular formula is C11H10BrF3N2O2. The Morgan fingerprint density at radius 1 is 1.42 bits per heavy atom. The Morgan fingerprint density at radius 3 is 2.63 bits per heavy atom. The smallest absolute Gasteiger partial charge is 0.406 e. The third-order valence-corrected chi connectivity index (χ3v) is 3.22. The van der Waals surface area contributed by atoms with Crippen LogP contribution in [0.3, 0.4) is 0 Å². The van der Waals surface area contributed by atoms with Crippen LogP contribution in [-0.2, 0) is 4.79 Å². The maximum Gasteiger partial charge on any atom is 0.573 e. The highest BCUT2D eigenvalue weighted by atomic mass is 79.9. The second-order valence-corrected chi connectivity index (χ2v) is 5.37. The van der Waals surface area contributed by atoms with E-state index in [0.29, 0.717) is 6.54 Å². The quantitative estimate of drug-likeness (QED) is 0.666. The highest BCUT2D eigenvalue weighted by Crippen LogP contribution is 2.34. The van der Waals surface area contributed by atoms with E-state index in [0.717, 1.165) is 12.1 Å². The lowest BCUT2D eigenvalue weighted by molar-refractivity contribution is -0.274. The maximum absolute atomic E-state index is 12.1. The monoisotopic (exact) mass is 338 g/mol. The molecule has 1 aromatic carbocycles. The molecule has 1 aromatic rings. The number of amides is 1. The van der Waals surface area contributed by atoms with E-state index < -0.39 is 12.1 Å². The Bertz CT molecular complexity index is 507. The van der Waals surface area contributed by atoms with Crippen molar-refractivity contribution in [3.63, 3.8) is 0 Å². The topological polar surface area (TPSA) is 55.6 Å². The van der Waals surface area contributed by atoms with E-state index in [2.05, 4.69) is 20.7 Å². The number of ether oxygens (including phenoxy) is 1. The molecule has 0 radical (unpaired) electrons. The summed E-state index contributed by atoms with van der Waals surface area (Å²) >= 11 is 3.29. The van der Waals surface area contributed by atoms with Crippen LogP contribution in [0.5, 0.6) is 5.75 Å². The van der Waals surface area contributed by atoms with Crippen LogP contribution >= 0.6 is 15.9 Å². The SMILES string of the molecule is Nc1ccc(OC(F)(F)F)cc1N1CC(Br)CC1=O. The molecule has 1 heterocycles. The minimum absolute atomic E-state index is 0.0356. The predicted molar refractivity (Wildman–Crippen MR) is 67.2 cm³/mol. The summed E-state index contributed by atoms with van der Waals surface area (Å²) in [5, 5.41) is 0. The van der Waals surface area contributed by atoms with Crippen LogP contribution in [0.4, 0.5) is 24.5 Å². The number of alkyl halides is 4. The summed E-state index contributed by atoms with van der Waals surface area (Å²) in [5.41, 5.74) is 6.15. The lowest BCUT2D eigenvalue weighted by atomic mass is 10.2. The van der Waals surface area contributed by atoms with Gasteiger partial charge >= 0.3 is 6.36 Å². The zero-order valence-electron chi connectivity index (χ0n) is 9.58. The van der Waals surface area contributed by atoms with Gasteiger partial charge in [0.05, 0.1) is 11.4 Å². The minimum Gasteiger partial charge on any atom is -0.406 e. The van der Waals surface area contributed by atoms with E-state index in [-0.39, 0.29) is 28.5 Å². The molecule has 0 spiro atoms. The van der Waals surface area contributed by atoms with Crippen molar-refractivity contribution < 1.29 is 22.7 Å². The van der Waals surface area contributed by atoms with Crippen molar-refractivity contribution >= 4 is 33.2 Å². The standard InChI is InChI=1S/C11H10BrF3N2O2/c12-6-3-10(18)17(5-6)9-4-7(1-2-8(9)16)19-11(13,14)15/h1-2,4,6H,3,5,16H2. The third-order valence-electron chi connectivity index (χ3n) is 2.60. The van der Waals surface area contributed by atoms with Crippen molar-refractivity contribution in [2.45, 2.75) is 17.6 Å². The summed E-state index contributed by atoms with van der Waals surface area (Å²) < 4.78 is 40.3. The first kappa shape index (κ1) is 14.0. The second-order valence-electron chi connectivity index (χ2n) is 4.07. The average molecular weight is 339 g/mol. The fourth-order valence-corrected chi connectivity index (χ4v) is 2.42. The molecule has 2 rings (SSSR count). The highest BCUT2D eigenvalue weighted by molar-refractivity contribution is 9.09. The Kier molecular flexibility index (Phi) is 3.62. The molecule has 0 bridgehead atoms. The number of hydrogen-bond donors (Lipinski definition) is 1. The third kappa shape index (κ3) is 3.31. The number of nitrogen functional groups attached to an aromatic ring is 1. The highest BCUT2D eigenvalue weighted by Gasteiger charge is 2.33. The van der Waals surface area contributed by atoms with Gasteiger partial charge in [0.2, 0.25) is 5.91 Å². The van der Waals surface area contributed by atoms with Crippen LogP contribution in [0.2, 0.25) is 0 Å². The normalized spacial score (nSPS) is 19.9. The summed E-state index contributed by atoms with van der Waals surface area (Å²) in [5.74, 6) is -0.597. The fraction of sp³-hybridized carbons (Fsp3) is 0.364. The number of anilines is 2. The van der Waals surface area contributed by atoms with Crippen molar-refractivity contribution in [2.75, 3.05) is 17.2 Å². The molecule has 0 saturated carbocycles. The van der Waals surface area contributed by atoms with Gasteiger partial charge in [0, 0.05) is 23.9 Å². The van der Waals surface area contributed by atoms with Gasteiger partial charge in [0.1, 0.15) is 5.75 Å². The molecule has 1 atom stereocenters. The first-order chi connectivity index (χ1) is 8.76. The molecule has 8 heteroatoms. The molecular weight excluding hydrogens is 329 g/mol. The van der Waals surface area contributed by atoms with Crippen molar-refractivity contribution in [2.24, 2.45) is 0 Å². The molecule has 1 aliphatic rings. The fourth-order valence-electron chi connectivity index (χ4n) is 1.85. The zero-order valence-corrected chi connectivity index (χ0v) is 11.2. The van der Waals surface area contributed by atoms with Crippen molar-refractivity contribution in [3.8, 4) is 5.75 Å². The summed E-state index contributed by atoms with van der Waals surface area (Å²) in [6.07, 6.45) is -4.50. The number of rotatable bonds is 2. The Hall–Kier alpha value is -1.44. The summed E-state index contributed by atoms with van der Waals surface area (Å²) in [6, 6.07) is 3.51. The predicted octanol–water partition coefficient (Wildman–Crippen LogP) is 2.67. The van der Waals surface area contributed by atoms with E-state index in [1.54, 1.807) is 0 Å². The molecule has 1 fully saturated rings. The van der Waals surface area contributed by atoms with E-state index in [9.17, 15) is 18.0 Å². The Labute approximate surface area is 115 Å². The number of hydrogen-bond acceptors (Lipinski definition) is 3.